The SMILES string of the molecule is COC(=O)c1ccc(NC(=S)NN=Cc2ccc(F)cc2)cc1. The third-order valence-electron chi connectivity index (χ3n) is 2.81. The van der Waals surface area contributed by atoms with E-state index in [0.717, 1.165) is 5.56 Å². The molecule has 0 unspecified atom stereocenters. The van der Waals surface area contributed by atoms with Crippen LogP contribution in [0.3, 0.4) is 0 Å². The number of rotatable bonds is 4. The Bertz CT molecular complexity index is 715. The maximum atomic E-state index is 12.8. The largest absolute Gasteiger partial charge is 0.465 e. The van der Waals surface area contributed by atoms with Crippen LogP contribution in [-0.4, -0.2) is 24.4 Å². The Morgan fingerprint density at radius 3 is 2.43 bits per heavy atom. The van der Waals surface area contributed by atoms with Crippen LogP contribution in [-0.2, 0) is 4.74 Å². The van der Waals surface area contributed by atoms with Gasteiger partial charge in [0.1, 0.15) is 5.82 Å². The highest BCUT2D eigenvalue weighted by Crippen LogP contribution is 2.10. The maximum absolute atomic E-state index is 12.8. The molecule has 0 bridgehead atoms. The van der Waals surface area contributed by atoms with Gasteiger partial charge in [-0.15, -0.1) is 0 Å². The summed E-state index contributed by atoms with van der Waals surface area (Å²) in [5, 5.41) is 7.15. The fraction of sp³-hybridized carbons (Fsp3) is 0.0625. The summed E-state index contributed by atoms with van der Waals surface area (Å²) in [7, 11) is 1.33. The van der Waals surface area contributed by atoms with Gasteiger partial charge in [0.15, 0.2) is 5.11 Å². The van der Waals surface area contributed by atoms with Crippen molar-refractivity contribution in [2.75, 3.05) is 12.4 Å². The van der Waals surface area contributed by atoms with Crippen LogP contribution in [0.15, 0.2) is 53.6 Å². The predicted octanol–water partition coefficient (Wildman–Crippen LogP) is 2.93. The second-order valence-corrected chi connectivity index (χ2v) is 4.85. The molecule has 118 valence electrons. The molecule has 2 N–H and O–H groups in total. The number of nitrogens with one attached hydrogen (secondary N) is 2. The molecule has 0 aliphatic heterocycles. The van der Waals surface area contributed by atoms with E-state index in [1.807, 2.05) is 0 Å². The smallest absolute Gasteiger partial charge is 0.337 e. The molecule has 0 heterocycles. The molecule has 2 aromatic carbocycles. The van der Waals surface area contributed by atoms with Gasteiger partial charge < -0.3 is 10.1 Å². The van der Waals surface area contributed by atoms with Crippen molar-refractivity contribution >= 4 is 35.2 Å². The summed E-state index contributed by atoms with van der Waals surface area (Å²) in [6.07, 6.45) is 1.52. The molecule has 7 heteroatoms. The van der Waals surface area contributed by atoms with E-state index in [1.54, 1.807) is 36.4 Å². The zero-order valence-electron chi connectivity index (χ0n) is 12.2. The van der Waals surface area contributed by atoms with Gasteiger partial charge in [-0.1, -0.05) is 12.1 Å². The molecule has 0 fully saturated rings. The number of ether oxygens (including phenoxy) is 1. The number of anilines is 1. The van der Waals surface area contributed by atoms with Crippen LogP contribution in [0.2, 0.25) is 0 Å². The molecule has 2 aromatic rings. The van der Waals surface area contributed by atoms with Crippen molar-refractivity contribution < 1.29 is 13.9 Å². The zero-order valence-corrected chi connectivity index (χ0v) is 13.1. The number of benzene rings is 2. The molecule has 0 aliphatic rings. The monoisotopic (exact) mass is 331 g/mol. The average molecular weight is 331 g/mol. The molecule has 0 spiro atoms. The minimum absolute atomic E-state index is 0.286. The second kappa shape index (κ2) is 8.00. The Morgan fingerprint density at radius 1 is 1.17 bits per heavy atom. The van der Waals surface area contributed by atoms with Crippen molar-refractivity contribution in [1.82, 2.24) is 5.43 Å². The molecule has 0 radical (unpaired) electrons. The normalized spacial score (nSPS) is 10.3. The van der Waals surface area contributed by atoms with E-state index in [4.69, 9.17) is 12.2 Å². The van der Waals surface area contributed by atoms with Crippen molar-refractivity contribution in [3.63, 3.8) is 0 Å². The van der Waals surface area contributed by atoms with Crippen molar-refractivity contribution in [1.29, 1.82) is 0 Å². The van der Waals surface area contributed by atoms with Gasteiger partial charge in [0.25, 0.3) is 0 Å². The molecule has 0 saturated carbocycles. The van der Waals surface area contributed by atoms with Crippen LogP contribution >= 0.6 is 12.2 Å². The molecular formula is C16H14FN3O2S. The van der Waals surface area contributed by atoms with E-state index in [-0.39, 0.29) is 10.9 Å². The lowest BCUT2D eigenvalue weighted by Gasteiger charge is -2.07. The fourth-order valence-corrected chi connectivity index (χ4v) is 1.85. The number of halogens is 1. The van der Waals surface area contributed by atoms with Crippen LogP contribution in [0.1, 0.15) is 15.9 Å². The Kier molecular flexibility index (Phi) is 5.76. The van der Waals surface area contributed by atoms with Gasteiger partial charge in [-0.3, -0.25) is 5.43 Å². The summed E-state index contributed by atoms with van der Waals surface area (Å²) in [6.45, 7) is 0. The van der Waals surface area contributed by atoms with Crippen LogP contribution in [0.25, 0.3) is 0 Å². The molecule has 0 amide bonds. The Balaban J connectivity index is 1.87. The van der Waals surface area contributed by atoms with Crippen LogP contribution in [0.5, 0.6) is 0 Å². The Hall–Kier alpha value is -2.80. The number of carbonyl (C=O) groups excluding carboxylic acids is 1. The zero-order chi connectivity index (χ0) is 16.7. The molecule has 5 nitrogen and oxygen atoms in total. The lowest BCUT2D eigenvalue weighted by atomic mass is 10.2. The van der Waals surface area contributed by atoms with Crippen LogP contribution in [0, 0.1) is 5.82 Å². The van der Waals surface area contributed by atoms with Crippen LogP contribution in [0.4, 0.5) is 10.1 Å². The molecule has 0 aromatic heterocycles. The highest BCUT2D eigenvalue weighted by atomic mass is 32.1. The van der Waals surface area contributed by atoms with Crippen molar-refractivity contribution in [2.24, 2.45) is 5.10 Å². The highest BCUT2D eigenvalue weighted by molar-refractivity contribution is 7.80. The summed E-state index contributed by atoms with van der Waals surface area (Å²) in [4.78, 5) is 11.3. The quantitative estimate of drug-likeness (QED) is 0.390. The van der Waals surface area contributed by atoms with E-state index in [9.17, 15) is 9.18 Å². The molecular weight excluding hydrogens is 317 g/mol. The lowest BCUT2D eigenvalue weighted by molar-refractivity contribution is 0.0601. The first kappa shape index (κ1) is 16.6. The van der Waals surface area contributed by atoms with Gasteiger partial charge in [0.05, 0.1) is 18.9 Å². The number of carbonyl (C=O) groups is 1. The third kappa shape index (κ3) is 5.15. The number of hydrazone groups is 1. The first-order chi connectivity index (χ1) is 11.1. The topological polar surface area (TPSA) is 62.7 Å². The first-order valence-electron chi connectivity index (χ1n) is 6.62. The standard InChI is InChI=1S/C16H14FN3O2S/c1-22-15(21)12-4-8-14(9-5-12)19-16(23)20-18-10-11-2-6-13(17)7-3-11/h2-10H,1H3,(H2,19,20,23). The van der Waals surface area contributed by atoms with Gasteiger partial charge in [0, 0.05) is 5.69 Å². The molecule has 2 rings (SSSR count). The number of methoxy groups -OCH3 is 1. The van der Waals surface area contributed by atoms with E-state index in [1.165, 1.54) is 25.5 Å². The van der Waals surface area contributed by atoms with Gasteiger partial charge in [0.2, 0.25) is 0 Å². The van der Waals surface area contributed by atoms with Gasteiger partial charge in [-0.05, 0) is 54.2 Å². The molecule has 0 atom stereocenters. The predicted molar refractivity (Wildman–Crippen MR) is 91.1 cm³/mol. The van der Waals surface area contributed by atoms with E-state index < -0.39 is 5.97 Å². The minimum atomic E-state index is -0.402. The van der Waals surface area contributed by atoms with Crippen molar-refractivity contribution in [3.8, 4) is 0 Å². The maximum Gasteiger partial charge on any atom is 0.337 e. The number of nitrogens with zero attached hydrogens (tertiary/aromatic N) is 1. The Morgan fingerprint density at radius 2 is 1.83 bits per heavy atom. The number of hydrogen-bond acceptors (Lipinski definition) is 4. The number of esters is 1. The number of hydrogen-bond donors (Lipinski definition) is 2. The van der Waals surface area contributed by atoms with E-state index in [2.05, 4.69) is 20.6 Å². The summed E-state index contributed by atoms with van der Waals surface area (Å²) < 4.78 is 17.4. The summed E-state index contributed by atoms with van der Waals surface area (Å²) in [5.41, 5.74) is 4.54. The van der Waals surface area contributed by atoms with Gasteiger partial charge >= 0.3 is 5.97 Å². The van der Waals surface area contributed by atoms with E-state index >= 15 is 0 Å². The molecule has 0 saturated heterocycles. The van der Waals surface area contributed by atoms with Crippen molar-refractivity contribution in [3.05, 3.63) is 65.5 Å². The molecule has 0 aliphatic carbocycles. The average Bonchev–Trinajstić information content (AvgIpc) is 2.56. The fourth-order valence-electron chi connectivity index (χ4n) is 1.68. The highest BCUT2D eigenvalue weighted by Gasteiger charge is 2.04. The van der Waals surface area contributed by atoms with Gasteiger partial charge in [-0.25, -0.2) is 9.18 Å². The second-order valence-electron chi connectivity index (χ2n) is 4.44. The Labute approximate surface area is 138 Å². The van der Waals surface area contributed by atoms with Crippen molar-refractivity contribution in [2.45, 2.75) is 0 Å². The lowest BCUT2D eigenvalue weighted by Crippen LogP contribution is -2.23. The summed E-state index contributed by atoms with van der Waals surface area (Å²) >= 11 is 5.09. The van der Waals surface area contributed by atoms with E-state index in [0.29, 0.717) is 11.3 Å². The van der Waals surface area contributed by atoms with Gasteiger partial charge in [-0.2, -0.15) is 5.10 Å². The third-order valence-corrected chi connectivity index (χ3v) is 3.01. The summed E-state index contributed by atoms with van der Waals surface area (Å²) in [6, 6.07) is 12.5. The number of thiocarbonyl (C=S) groups is 1. The molecule has 23 heavy (non-hydrogen) atoms. The first-order valence-corrected chi connectivity index (χ1v) is 7.03. The van der Waals surface area contributed by atoms with Crippen LogP contribution < -0.4 is 10.7 Å². The summed E-state index contributed by atoms with van der Waals surface area (Å²) in [5.74, 6) is -0.705. The minimum Gasteiger partial charge on any atom is -0.465 e.